The molecule has 1 aliphatic rings. The third-order valence-electron chi connectivity index (χ3n) is 3.44. The zero-order valence-corrected chi connectivity index (χ0v) is 10.4. The summed E-state index contributed by atoms with van der Waals surface area (Å²) in [5.41, 5.74) is 3.78. The number of benzene rings is 1. The molecule has 0 heterocycles. The van der Waals surface area contributed by atoms with E-state index in [9.17, 15) is 18.7 Å². The number of rotatable bonds is 3. The van der Waals surface area contributed by atoms with Crippen molar-refractivity contribution in [2.45, 2.75) is 31.3 Å². The molecule has 0 unspecified atom stereocenters. The van der Waals surface area contributed by atoms with Gasteiger partial charge in [-0.2, -0.15) is 0 Å². The quantitative estimate of drug-likeness (QED) is 0.730. The SMILES string of the molecule is Nc1cc(C(=O)NCC2(O)CCCC2)c(F)cc1F. The van der Waals surface area contributed by atoms with Crippen molar-refractivity contribution in [3.8, 4) is 0 Å². The monoisotopic (exact) mass is 270 g/mol. The van der Waals surface area contributed by atoms with Gasteiger partial charge in [0.05, 0.1) is 16.9 Å². The van der Waals surface area contributed by atoms with Crippen LogP contribution in [0, 0.1) is 11.6 Å². The first-order chi connectivity index (χ1) is 8.91. The minimum Gasteiger partial charge on any atom is -0.396 e. The highest BCUT2D eigenvalue weighted by atomic mass is 19.1. The summed E-state index contributed by atoms with van der Waals surface area (Å²) in [6, 6.07) is 1.53. The summed E-state index contributed by atoms with van der Waals surface area (Å²) >= 11 is 0. The Hall–Kier alpha value is -1.69. The van der Waals surface area contributed by atoms with E-state index >= 15 is 0 Å². The predicted octanol–water partition coefficient (Wildman–Crippen LogP) is 1.58. The number of hydrogen-bond acceptors (Lipinski definition) is 3. The number of hydrogen-bond donors (Lipinski definition) is 3. The fourth-order valence-corrected chi connectivity index (χ4v) is 2.29. The van der Waals surface area contributed by atoms with Crippen LogP contribution < -0.4 is 11.1 Å². The Morgan fingerprint density at radius 1 is 1.32 bits per heavy atom. The Morgan fingerprint density at radius 2 is 1.95 bits per heavy atom. The number of carbonyl (C=O) groups is 1. The normalized spacial score (nSPS) is 17.4. The third kappa shape index (κ3) is 3.01. The van der Waals surface area contributed by atoms with Crippen molar-refractivity contribution in [2.24, 2.45) is 0 Å². The van der Waals surface area contributed by atoms with Crippen LogP contribution in [0.2, 0.25) is 0 Å². The van der Waals surface area contributed by atoms with Crippen molar-refractivity contribution < 1.29 is 18.7 Å². The molecule has 0 radical (unpaired) electrons. The van der Waals surface area contributed by atoms with Crippen LogP contribution in [0.3, 0.4) is 0 Å². The lowest BCUT2D eigenvalue weighted by Gasteiger charge is -2.22. The van der Waals surface area contributed by atoms with Crippen LogP contribution in [0.25, 0.3) is 0 Å². The van der Waals surface area contributed by atoms with Crippen LogP contribution in [-0.4, -0.2) is 23.2 Å². The van der Waals surface area contributed by atoms with Gasteiger partial charge in [0.1, 0.15) is 11.6 Å². The molecule has 1 saturated carbocycles. The maximum atomic E-state index is 13.5. The van der Waals surface area contributed by atoms with E-state index in [2.05, 4.69) is 5.32 Å². The second-order valence-electron chi connectivity index (χ2n) is 4.97. The van der Waals surface area contributed by atoms with E-state index in [0.717, 1.165) is 18.9 Å². The molecule has 0 saturated heterocycles. The molecule has 6 heteroatoms. The summed E-state index contributed by atoms with van der Waals surface area (Å²) in [4.78, 5) is 11.8. The van der Waals surface area contributed by atoms with E-state index in [1.54, 1.807) is 0 Å². The van der Waals surface area contributed by atoms with Gasteiger partial charge in [-0.1, -0.05) is 12.8 Å². The van der Waals surface area contributed by atoms with Crippen molar-refractivity contribution in [1.29, 1.82) is 0 Å². The zero-order chi connectivity index (χ0) is 14.0. The smallest absolute Gasteiger partial charge is 0.254 e. The number of carbonyl (C=O) groups excluding carboxylic acids is 1. The fraction of sp³-hybridized carbons (Fsp3) is 0.462. The molecule has 1 amide bonds. The average molecular weight is 270 g/mol. The first-order valence-electron chi connectivity index (χ1n) is 6.16. The minimum atomic E-state index is -0.970. The Bertz CT molecular complexity index is 500. The summed E-state index contributed by atoms with van der Waals surface area (Å²) in [7, 11) is 0. The lowest BCUT2D eigenvalue weighted by atomic mass is 10.0. The standard InChI is InChI=1S/C13H16F2N2O2/c14-9-6-10(15)11(16)5-8(9)12(18)17-7-13(19)3-1-2-4-13/h5-6,19H,1-4,7,16H2,(H,17,18). The van der Waals surface area contributed by atoms with Gasteiger partial charge in [0.25, 0.3) is 5.91 Å². The number of nitrogens with one attached hydrogen (secondary N) is 1. The number of nitrogens with two attached hydrogens (primary N) is 1. The molecule has 0 bridgehead atoms. The van der Waals surface area contributed by atoms with Gasteiger partial charge in [0.15, 0.2) is 0 Å². The van der Waals surface area contributed by atoms with Crippen LogP contribution >= 0.6 is 0 Å². The Kier molecular flexibility index (Phi) is 3.71. The van der Waals surface area contributed by atoms with Crippen molar-refractivity contribution in [3.63, 3.8) is 0 Å². The van der Waals surface area contributed by atoms with Gasteiger partial charge in [-0.3, -0.25) is 4.79 Å². The topological polar surface area (TPSA) is 75.4 Å². The molecule has 0 spiro atoms. The van der Waals surface area contributed by atoms with Gasteiger partial charge in [0, 0.05) is 12.6 Å². The highest BCUT2D eigenvalue weighted by Gasteiger charge is 2.31. The van der Waals surface area contributed by atoms with Crippen molar-refractivity contribution in [1.82, 2.24) is 5.32 Å². The second-order valence-corrected chi connectivity index (χ2v) is 4.97. The molecule has 1 fully saturated rings. The molecule has 4 N–H and O–H groups in total. The number of halogens is 2. The van der Waals surface area contributed by atoms with E-state index < -0.39 is 23.1 Å². The molecule has 19 heavy (non-hydrogen) atoms. The first-order valence-corrected chi connectivity index (χ1v) is 6.16. The summed E-state index contributed by atoms with van der Waals surface area (Å²) in [6.45, 7) is 0.0581. The highest BCUT2D eigenvalue weighted by Crippen LogP contribution is 2.28. The van der Waals surface area contributed by atoms with E-state index in [0.29, 0.717) is 18.9 Å². The number of nitrogen functional groups attached to an aromatic ring is 1. The summed E-state index contributed by atoms with van der Waals surface area (Å²) in [5, 5.41) is 12.5. The largest absolute Gasteiger partial charge is 0.396 e. The molecular weight excluding hydrogens is 254 g/mol. The Balaban J connectivity index is 2.06. The van der Waals surface area contributed by atoms with Crippen LogP contribution in [0.1, 0.15) is 36.0 Å². The van der Waals surface area contributed by atoms with E-state index in [4.69, 9.17) is 5.73 Å². The van der Waals surface area contributed by atoms with Crippen LogP contribution in [0.15, 0.2) is 12.1 Å². The van der Waals surface area contributed by atoms with Crippen molar-refractivity contribution >= 4 is 11.6 Å². The predicted molar refractivity (Wildman–Crippen MR) is 66.5 cm³/mol. The lowest BCUT2D eigenvalue weighted by molar-refractivity contribution is 0.0448. The molecule has 1 aromatic carbocycles. The zero-order valence-electron chi connectivity index (χ0n) is 10.4. The number of anilines is 1. The van der Waals surface area contributed by atoms with Gasteiger partial charge in [-0.25, -0.2) is 8.78 Å². The lowest BCUT2D eigenvalue weighted by Crippen LogP contribution is -2.41. The average Bonchev–Trinajstić information content (AvgIpc) is 2.78. The molecule has 1 aliphatic carbocycles. The van der Waals surface area contributed by atoms with E-state index in [1.807, 2.05) is 0 Å². The van der Waals surface area contributed by atoms with Gasteiger partial charge in [-0.05, 0) is 18.9 Å². The summed E-state index contributed by atoms with van der Waals surface area (Å²) in [6.07, 6.45) is 3.04. The first kappa shape index (κ1) is 13.7. The minimum absolute atomic E-state index is 0.0581. The summed E-state index contributed by atoms with van der Waals surface area (Å²) < 4.78 is 26.4. The molecule has 0 aromatic heterocycles. The third-order valence-corrected chi connectivity index (χ3v) is 3.44. The molecule has 104 valence electrons. The van der Waals surface area contributed by atoms with Crippen LogP contribution in [0.5, 0.6) is 0 Å². The maximum Gasteiger partial charge on any atom is 0.254 e. The number of amides is 1. The van der Waals surface area contributed by atoms with Gasteiger partial charge in [-0.15, -0.1) is 0 Å². The highest BCUT2D eigenvalue weighted by molar-refractivity contribution is 5.95. The Morgan fingerprint density at radius 3 is 2.58 bits per heavy atom. The Labute approximate surface area is 109 Å². The van der Waals surface area contributed by atoms with Crippen LogP contribution in [-0.2, 0) is 0 Å². The summed E-state index contributed by atoms with van der Waals surface area (Å²) in [5.74, 6) is -2.57. The van der Waals surface area contributed by atoms with Crippen molar-refractivity contribution in [3.05, 3.63) is 29.3 Å². The molecule has 0 aliphatic heterocycles. The van der Waals surface area contributed by atoms with E-state index in [-0.39, 0.29) is 17.8 Å². The molecule has 4 nitrogen and oxygen atoms in total. The molecular formula is C13H16F2N2O2. The van der Waals surface area contributed by atoms with Gasteiger partial charge >= 0.3 is 0 Å². The second kappa shape index (κ2) is 5.13. The number of aliphatic hydroxyl groups is 1. The van der Waals surface area contributed by atoms with Gasteiger partial charge in [0.2, 0.25) is 0 Å². The van der Waals surface area contributed by atoms with Gasteiger partial charge < -0.3 is 16.2 Å². The molecule has 1 aromatic rings. The van der Waals surface area contributed by atoms with Crippen molar-refractivity contribution in [2.75, 3.05) is 12.3 Å². The molecule has 2 rings (SSSR count). The maximum absolute atomic E-state index is 13.5. The van der Waals surface area contributed by atoms with Crippen LogP contribution in [0.4, 0.5) is 14.5 Å². The fourth-order valence-electron chi connectivity index (χ4n) is 2.29. The van der Waals surface area contributed by atoms with E-state index in [1.165, 1.54) is 0 Å². The molecule has 0 atom stereocenters.